The molecule has 5 nitrogen and oxygen atoms in total. The molecule has 90 valence electrons. The molecule has 0 aliphatic carbocycles. The molecule has 2 aromatic rings. The molecule has 0 fully saturated rings. The molecule has 1 aromatic carbocycles. The zero-order valence-electron chi connectivity index (χ0n) is 9.60. The second-order valence-electron chi connectivity index (χ2n) is 3.84. The van der Waals surface area contributed by atoms with Crippen molar-refractivity contribution in [1.82, 2.24) is 10.3 Å². The summed E-state index contributed by atoms with van der Waals surface area (Å²) in [6, 6.07) is 10.7. The van der Waals surface area contributed by atoms with Crippen molar-refractivity contribution < 1.29 is 4.79 Å². The van der Waals surface area contributed by atoms with E-state index in [1.54, 1.807) is 30.5 Å². The van der Waals surface area contributed by atoms with Crippen LogP contribution in [0.5, 0.6) is 0 Å². The second kappa shape index (κ2) is 5.06. The Bertz CT molecular complexity index is 609. The molecule has 0 saturated heterocycles. The first kappa shape index (κ1) is 11.7. The highest BCUT2D eigenvalue weighted by Crippen LogP contribution is 2.06. The van der Waals surface area contributed by atoms with Gasteiger partial charge in [-0.1, -0.05) is 12.1 Å². The Morgan fingerprint density at radius 2 is 2.28 bits per heavy atom. The Labute approximate surface area is 104 Å². The Morgan fingerprint density at radius 3 is 2.94 bits per heavy atom. The third-order valence-electron chi connectivity index (χ3n) is 2.46. The van der Waals surface area contributed by atoms with Crippen molar-refractivity contribution >= 4 is 11.6 Å². The van der Waals surface area contributed by atoms with E-state index in [9.17, 15) is 4.79 Å². The molecule has 0 bridgehead atoms. The van der Waals surface area contributed by atoms with Gasteiger partial charge in [-0.25, -0.2) is 0 Å². The van der Waals surface area contributed by atoms with E-state index in [-0.39, 0.29) is 5.91 Å². The number of aromatic nitrogens is 1. The molecule has 0 radical (unpaired) electrons. The first-order valence-corrected chi connectivity index (χ1v) is 5.40. The van der Waals surface area contributed by atoms with Gasteiger partial charge in [-0.05, 0) is 23.8 Å². The number of H-pyrrole nitrogens is 1. The minimum atomic E-state index is -0.228. The highest BCUT2D eigenvalue weighted by molar-refractivity contribution is 5.93. The zero-order valence-corrected chi connectivity index (χ0v) is 9.60. The van der Waals surface area contributed by atoms with Crippen molar-refractivity contribution in [2.75, 3.05) is 5.73 Å². The molecule has 0 unspecified atom stereocenters. The van der Waals surface area contributed by atoms with Crippen molar-refractivity contribution in [3.05, 3.63) is 53.3 Å². The molecule has 1 aromatic heterocycles. The standard InChI is InChI=1S/C13H12N4O/c14-6-9-2-1-3-10(4-9)7-17-13(18)12-5-11(15)8-16-12/h1-5,8,16H,7,15H2,(H,17,18). The highest BCUT2D eigenvalue weighted by atomic mass is 16.1. The molecule has 0 aliphatic rings. The number of hydrogen-bond donors (Lipinski definition) is 3. The van der Waals surface area contributed by atoms with Gasteiger partial charge in [0.1, 0.15) is 5.69 Å². The van der Waals surface area contributed by atoms with Crippen LogP contribution in [0.15, 0.2) is 36.5 Å². The Hall–Kier alpha value is -2.74. The van der Waals surface area contributed by atoms with Gasteiger partial charge >= 0.3 is 0 Å². The van der Waals surface area contributed by atoms with E-state index in [2.05, 4.69) is 16.4 Å². The molecule has 0 spiro atoms. The molecule has 1 heterocycles. The van der Waals surface area contributed by atoms with E-state index >= 15 is 0 Å². The summed E-state index contributed by atoms with van der Waals surface area (Å²) in [5.41, 5.74) is 7.91. The Kier molecular flexibility index (Phi) is 3.30. The number of carbonyl (C=O) groups is 1. The third kappa shape index (κ3) is 2.68. The third-order valence-corrected chi connectivity index (χ3v) is 2.46. The van der Waals surface area contributed by atoms with Crippen molar-refractivity contribution in [3.8, 4) is 6.07 Å². The molecule has 1 amide bonds. The van der Waals surface area contributed by atoms with E-state index in [0.717, 1.165) is 5.56 Å². The maximum absolute atomic E-state index is 11.7. The molecular weight excluding hydrogens is 228 g/mol. The molecule has 0 atom stereocenters. The largest absolute Gasteiger partial charge is 0.397 e. The number of carbonyl (C=O) groups excluding carboxylic acids is 1. The number of rotatable bonds is 3. The summed E-state index contributed by atoms with van der Waals surface area (Å²) in [5, 5.41) is 11.5. The van der Waals surface area contributed by atoms with Crippen LogP contribution in [-0.2, 0) is 6.54 Å². The van der Waals surface area contributed by atoms with Gasteiger partial charge in [0.25, 0.3) is 5.91 Å². The normalized spacial score (nSPS) is 9.72. The fourth-order valence-corrected chi connectivity index (χ4v) is 1.57. The first-order valence-electron chi connectivity index (χ1n) is 5.40. The monoisotopic (exact) mass is 240 g/mol. The first-order chi connectivity index (χ1) is 8.69. The fourth-order valence-electron chi connectivity index (χ4n) is 1.57. The van der Waals surface area contributed by atoms with E-state index in [4.69, 9.17) is 11.0 Å². The summed E-state index contributed by atoms with van der Waals surface area (Å²) in [4.78, 5) is 14.5. The van der Waals surface area contributed by atoms with Gasteiger partial charge in [-0.15, -0.1) is 0 Å². The van der Waals surface area contributed by atoms with Crippen molar-refractivity contribution in [1.29, 1.82) is 5.26 Å². The summed E-state index contributed by atoms with van der Waals surface area (Å²) in [6.07, 6.45) is 1.56. The van der Waals surface area contributed by atoms with E-state index in [0.29, 0.717) is 23.5 Å². The predicted molar refractivity (Wildman–Crippen MR) is 67.5 cm³/mol. The van der Waals surface area contributed by atoms with Crippen LogP contribution >= 0.6 is 0 Å². The highest BCUT2D eigenvalue weighted by Gasteiger charge is 2.07. The average molecular weight is 240 g/mol. The average Bonchev–Trinajstić information content (AvgIpc) is 2.83. The summed E-state index contributed by atoms with van der Waals surface area (Å²) < 4.78 is 0. The van der Waals surface area contributed by atoms with Crippen LogP contribution in [0.4, 0.5) is 5.69 Å². The number of hydrogen-bond acceptors (Lipinski definition) is 3. The van der Waals surface area contributed by atoms with E-state index in [1.807, 2.05) is 6.07 Å². The van der Waals surface area contributed by atoms with Crippen LogP contribution in [-0.4, -0.2) is 10.9 Å². The Balaban J connectivity index is 1.99. The van der Waals surface area contributed by atoms with Crippen LogP contribution in [0.3, 0.4) is 0 Å². The molecule has 0 aliphatic heterocycles. The van der Waals surface area contributed by atoms with Gasteiger partial charge in [0.15, 0.2) is 0 Å². The van der Waals surface area contributed by atoms with Gasteiger partial charge in [0, 0.05) is 18.4 Å². The molecular formula is C13H12N4O. The summed E-state index contributed by atoms with van der Waals surface area (Å²) in [6.45, 7) is 0.368. The molecule has 0 saturated carbocycles. The van der Waals surface area contributed by atoms with Gasteiger partial charge in [0.05, 0.1) is 11.6 Å². The number of anilines is 1. The topological polar surface area (TPSA) is 94.7 Å². The van der Waals surface area contributed by atoms with Crippen molar-refractivity contribution in [3.63, 3.8) is 0 Å². The Morgan fingerprint density at radius 1 is 1.44 bits per heavy atom. The number of aromatic amines is 1. The van der Waals surface area contributed by atoms with Gasteiger partial charge < -0.3 is 16.0 Å². The van der Waals surface area contributed by atoms with E-state index in [1.165, 1.54) is 0 Å². The number of benzene rings is 1. The lowest BCUT2D eigenvalue weighted by molar-refractivity contribution is 0.0946. The van der Waals surface area contributed by atoms with Crippen LogP contribution in [0.25, 0.3) is 0 Å². The SMILES string of the molecule is N#Cc1cccc(CNC(=O)c2cc(N)c[nH]2)c1. The fraction of sp³-hybridized carbons (Fsp3) is 0.0769. The van der Waals surface area contributed by atoms with Crippen LogP contribution in [0.2, 0.25) is 0 Å². The number of nitriles is 1. The lowest BCUT2D eigenvalue weighted by atomic mass is 10.1. The second-order valence-corrected chi connectivity index (χ2v) is 3.84. The summed E-state index contributed by atoms with van der Waals surface area (Å²) in [7, 11) is 0. The van der Waals surface area contributed by atoms with Gasteiger partial charge in [-0.2, -0.15) is 5.26 Å². The molecule has 4 N–H and O–H groups in total. The number of nitrogens with two attached hydrogens (primary N) is 1. The summed E-state index contributed by atoms with van der Waals surface area (Å²) in [5.74, 6) is -0.228. The van der Waals surface area contributed by atoms with Gasteiger partial charge in [0.2, 0.25) is 0 Å². The number of amides is 1. The molecule has 5 heteroatoms. The maximum Gasteiger partial charge on any atom is 0.268 e. The lowest BCUT2D eigenvalue weighted by Crippen LogP contribution is -2.23. The number of nitrogen functional groups attached to an aromatic ring is 1. The molecule has 18 heavy (non-hydrogen) atoms. The van der Waals surface area contributed by atoms with Crippen LogP contribution in [0.1, 0.15) is 21.6 Å². The van der Waals surface area contributed by atoms with E-state index < -0.39 is 0 Å². The number of nitrogens with one attached hydrogen (secondary N) is 2. The predicted octanol–water partition coefficient (Wildman–Crippen LogP) is 1.40. The van der Waals surface area contributed by atoms with Crippen LogP contribution < -0.4 is 11.1 Å². The minimum absolute atomic E-state index is 0.228. The van der Waals surface area contributed by atoms with Gasteiger partial charge in [-0.3, -0.25) is 4.79 Å². The smallest absolute Gasteiger partial charge is 0.268 e. The quantitative estimate of drug-likeness (QED) is 0.756. The van der Waals surface area contributed by atoms with Crippen molar-refractivity contribution in [2.24, 2.45) is 0 Å². The maximum atomic E-state index is 11.7. The molecule has 2 rings (SSSR count). The summed E-state index contributed by atoms with van der Waals surface area (Å²) >= 11 is 0. The van der Waals surface area contributed by atoms with Crippen LogP contribution in [0, 0.1) is 11.3 Å². The lowest BCUT2D eigenvalue weighted by Gasteiger charge is -2.04. The number of nitrogens with zero attached hydrogens (tertiary/aromatic N) is 1. The minimum Gasteiger partial charge on any atom is -0.397 e. The van der Waals surface area contributed by atoms with Crippen molar-refractivity contribution in [2.45, 2.75) is 6.54 Å². The zero-order chi connectivity index (χ0) is 13.0.